The van der Waals surface area contributed by atoms with E-state index in [1.165, 1.54) is 6.20 Å². The lowest BCUT2D eigenvalue weighted by Gasteiger charge is -1.97. The highest BCUT2D eigenvalue weighted by molar-refractivity contribution is 5.90. The van der Waals surface area contributed by atoms with E-state index in [-0.39, 0.29) is 23.6 Å². The quantitative estimate of drug-likeness (QED) is 0.546. The van der Waals surface area contributed by atoms with Crippen molar-refractivity contribution in [3.63, 3.8) is 0 Å². The third-order valence-electron chi connectivity index (χ3n) is 1.48. The molecule has 1 amide bonds. The van der Waals surface area contributed by atoms with Crippen molar-refractivity contribution >= 4 is 17.7 Å². The molecular formula is C9H8N4O3. The Morgan fingerprint density at radius 2 is 2.19 bits per heavy atom. The summed E-state index contributed by atoms with van der Waals surface area (Å²) in [6.07, 6.45) is 1.09. The molecule has 1 aromatic heterocycles. The van der Waals surface area contributed by atoms with Gasteiger partial charge in [-0.05, 0) is 5.92 Å². The molecule has 0 aliphatic rings. The van der Waals surface area contributed by atoms with Crippen LogP contribution in [0.5, 0.6) is 0 Å². The smallest absolute Gasteiger partial charge is 0.358 e. The predicted octanol–water partition coefficient (Wildman–Crippen LogP) is -1.02. The maximum atomic E-state index is 10.7. The molecule has 1 aromatic rings. The van der Waals surface area contributed by atoms with E-state index in [4.69, 9.17) is 16.6 Å². The largest absolute Gasteiger partial charge is 0.476 e. The van der Waals surface area contributed by atoms with E-state index in [0.717, 1.165) is 0 Å². The number of hydrogen-bond donors (Lipinski definition) is 3. The number of carbonyl (C=O) groups excluding carboxylic acids is 1. The molecule has 1 heterocycles. The zero-order valence-corrected chi connectivity index (χ0v) is 8.10. The number of primary amides is 1. The van der Waals surface area contributed by atoms with Crippen LogP contribution in [0.25, 0.3) is 0 Å². The van der Waals surface area contributed by atoms with Gasteiger partial charge in [-0.25, -0.2) is 14.8 Å². The van der Waals surface area contributed by atoms with Crippen molar-refractivity contribution in [1.82, 2.24) is 9.97 Å². The maximum Gasteiger partial charge on any atom is 0.358 e. The number of carboxylic acid groups (broad SMARTS) is 1. The van der Waals surface area contributed by atoms with E-state index < -0.39 is 11.9 Å². The van der Waals surface area contributed by atoms with E-state index >= 15 is 0 Å². The SMILES string of the molecule is NC(=O)CC#Cc1cnc(N)c(C(=O)O)n1. The molecule has 0 bridgehead atoms. The third kappa shape index (κ3) is 2.95. The monoisotopic (exact) mass is 220 g/mol. The van der Waals surface area contributed by atoms with Gasteiger partial charge in [0.2, 0.25) is 5.91 Å². The summed E-state index contributed by atoms with van der Waals surface area (Å²) >= 11 is 0. The minimum absolute atomic E-state index is 0.118. The molecular weight excluding hydrogens is 212 g/mol. The van der Waals surface area contributed by atoms with Gasteiger partial charge >= 0.3 is 5.97 Å². The van der Waals surface area contributed by atoms with Gasteiger partial charge in [-0.2, -0.15) is 0 Å². The molecule has 7 heteroatoms. The molecule has 0 aliphatic heterocycles. The van der Waals surface area contributed by atoms with Crippen molar-refractivity contribution in [2.24, 2.45) is 5.73 Å². The second-order valence-corrected chi connectivity index (χ2v) is 2.74. The molecule has 7 nitrogen and oxygen atoms in total. The zero-order chi connectivity index (χ0) is 12.1. The summed E-state index contributed by atoms with van der Waals surface area (Å²) in [6, 6.07) is 0. The Labute approximate surface area is 90.5 Å². The van der Waals surface area contributed by atoms with E-state index in [1.807, 2.05) is 0 Å². The Bertz CT molecular complexity index is 501. The highest BCUT2D eigenvalue weighted by Gasteiger charge is 2.10. The van der Waals surface area contributed by atoms with Crippen LogP contribution in [0.3, 0.4) is 0 Å². The lowest BCUT2D eigenvalue weighted by molar-refractivity contribution is -0.117. The van der Waals surface area contributed by atoms with Crippen LogP contribution in [-0.2, 0) is 4.79 Å². The second-order valence-electron chi connectivity index (χ2n) is 2.74. The van der Waals surface area contributed by atoms with Crippen LogP contribution in [0.15, 0.2) is 6.20 Å². The van der Waals surface area contributed by atoms with Crippen LogP contribution >= 0.6 is 0 Å². The molecule has 0 radical (unpaired) electrons. The number of hydrogen-bond acceptors (Lipinski definition) is 5. The van der Waals surface area contributed by atoms with Crippen LogP contribution < -0.4 is 11.5 Å². The molecule has 0 saturated heterocycles. The summed E-state index contributed by atoms with van der Waals surface area (Å²) in [5.41, 5.74) is 9.91. The van der Waals surface area contributed by atoms with Crippen molar-refractivity contribution in [3.05, 3.63) is 17.6 Å². The van der Waals surface area contributed by atoms with Crippen LogP contribution in [0.4, 0.5) is 5.82 Å². The van der Waals surface area contributed by atoms with Crippen molar-refractivity contribution in [2.45, 2.75) is 6.42 Å². The number of carboxylic acids is 1. The Morgan fingerprint density at radius 1 is 1.50 bits per heavy atom. The first kappa shape index (κ1) is 11.5. The van der Waals surface area contributed by atoms with Crippen LogP contribution in [0.2, 0.25) is 0 Å². The molecule has 16 heavy (non-hydrogen) atoms. The first-order chi connectivity index (χ1) is 7.50. The van der Waals surface area contributed by atoms with Gasteiger partial charge < -0.3 is 16.6 Å². The van der Waals surface area contributed by atoms with Gasteiger partial charge in [0.25, 0.3) is 0 Å². The first-order valence-electron chi connectivity index (χ1n) is 4.13. The Morgan fingerprint density at radius 3 is 2.75 bits per heavy atom. The van der Waals surface area contributed by atoms with Crippen molar-refractivity contribution in [1.29, 1.82) is 0 Å². The summed E-state index contributed by atoms with van der Waals surface area (Å²) in [5, 5.41) is 8.70. The number of nitrogen functional groups attached to an aromatic ring is 1. The molecule has 0 aliphatic carbocycles. The topological polar surface area (TPSA) is 132 Å². The number of nitrogens with two attached hydrogens (primary N) is 2. The first-order valence-corrected chi connectivity index (χ1v) is 4.13. The molecule has 0 saturated carbocycles. The normalized spacial score (nSPS) is 9.00. The molecule has 0 unspecified atom stereocenters. The zero-order valence-electron chi connectivity index (χ0n) is 8.10. The highest BCUT2D eigenvalue weighted by Crippen LogP contribution is 2.04. The summed E-state index contributed by atoms with van der Waals surface area (Å²) in [5.74, 6) is 2.83. The summed E-state index contributed by atoms with van der Waals surface area (Å²) in [4.78, 5) is 28.3. The van der Waals surface area contributed by atoms with Crippen LogP contribution in [0, 0.1) is 11.8 Å². The van der Waals surface area contributed by atoms with Crippen molar-refractivity contribution in [3.8, 4) is 11.8 Å². The number of aromatic carboxylic acids is 1. The molecule has 0 fully saturated rings. The number of aromatic nitrogens is 2. The highest BCUT2D eigenvalue weighted by atomic mass is 16.4. The predicted molar refractivity (Wildman–Crippen MR) is 54.1 cm³/mol. The molecule has 0 aromatic carbocycles. The minimum atomic E-state index is -1.29. The third-order valence-corrected chi connectivity index (χ3v) is 1.48. The van der Waals surface area contributed by atoms with Crippen molar-refractivity contribution < 1.29 is 14.7 Å². The van der Waals surface area contributed by atoms with Gasteiger partial charge in [-0.15, -0.1) is 0 Å². The molecule has 1 rings (SSSR count). The van der Waals surface area contributed by atoms with Crippen LogP contribution in [0.1, 0.15) is 22.6 Å². The number of nitrogens with zero attached hydrogens (tertiary/aromatic N) is 2. The van der Waals surface area contributed by atoms with Gasteiger partial charge in [-0.1, -0.05) is 5.92 Å². The number of anilines is 1. The fourth-order valence-electron chi connectivity index (χ4n) is 0.838. The van der Waals surface area contributed by atoms with E-state index in [9.17, 15) is 9.59 Å². The van der Waals surface area contributed by atoms with Gasteiger partial charge in [0.15, 0.2) is 11.5 Å². The number of rotatable bonds is 2. The van der Waals surface area contributed by atoms with Gasteiger partial charge in [0.05, 0.1) is 12.6 Å². The average Bonchev–Trinajstić information content (AvgIpc) is 2.19. The molecule has 5 N–H and O–H groups in total. The van der Waals surface area contributed by atoms with Gasteiger partial charge in [0.1, 0.15) is 5.69 Å². The lowest BCUT2D eigenvalue weighted by atomic mass is 10.3. The molecule has 0 spiro atoms. The van der Waals surface area contributed by atoms with E-state index in [0.29, 0.717) is 0 Å². The summed E-state index contributed by atoms with van der Waals surface area (Å²) in [6.45, 7) is 0. The van der Waals surface area contributed by atoms with Crippen LogP contribution in [-0.4, -0.2) is 27.0 Å². The summed E-state index contributed by atoms with van der Waals surface area (Å²) in [7, 11) is 0. The Hall–Kier alpha value is -2.62. The standard InChI is InChI=1S/C9H8N4O3/c10-6(14)3-1-2-5-4-12-8(11)7(13-5)9(15)16/h4H,3H2,(H2,10,14)(H2,11,12)(H,15,16). The van der Waals surface area contributed by atoms with E-state index in [2.05, 4.69) is 21.8 Å². The van der Waals surface area contributed by atoms with Gasteiger partial charge in [-0.3, -0.25) is 4.79 Å². The van der Waals surface area contributed by atoms with Crippen molar-refractivity contribution in [2.75, 3.05) is 5.73 Å². The summed E-state index contributed by atoms with van der Waals surface area (Å²) < 4.78 is 0. The molecule has 0 atom stereocenters. The fraction of sp³-hybridized carbons (Fsp3) is 0.111. The number of carbonyl (C=O) groups is 2. The van der Waals surface area contributed by atoms with E-state index in [1.54, 1.807) is 0 Å². The fourth-order valence-corrected chi connectivity index (χ4v) is 0.838. The Kier molecular flexibility index (Phi) is 3.40. The lowest BCUT2D eigenvalue weighted by Crippen LogP contribution is -2.09. The van der Waals surface area contributed by atoms with Gasteiger partial charge in [0, 0.05) is 0 Å². The Balaban J connectivity index is 2.98. The minimum Gasteiger partial charge on any atom is -0.476 e. The maximum absolute atomic E-state index is 10.7. The number of amides is 1. The average molecular weight is 220 g/mol. The second kappa shape index (κ2) is 4.75. The molecule has 82 valence electrons.